The van der Waals surface area contributed by atoms with E-state index in [0.717, 1.165) is 32.1 Å². The van der Waals surface area contributed by atoms with E-state index in [9.17, 15) is 15.0 Å². The van der Waals surface area contributed by atoms with E-state index in [1.165, 1.54) is 10.1 Å². The van der Waals surface area contributed by atoms with Crippen LogP contribution in [0, 0.1) is 28.6 Å². The van der Waals surface area contributed by atoms with Gasteiger partial charge >= 0.3 is 0 Å². The molecular formula is C19H27BrO3. The monoisotopic (exact) mass is 382 g/mol. The highest BCUT2D eigenvalue weighted by Crippen LogP contribution is 2.65. The molecule has 0 aliphatic heterocycles. The fraction of sp³-hybridized carbons (Fsp3) is 0.842. The topological polar surface area (TPSA) is 57.5 Å². The van der Waals surface area contributed by atoms with E-state index in [4.69, 9.17) is 0 Å². The van der Waals surface area contributed by atoms with Crippen LogP contribution in [0.3, 0.4) is 0 Å². The molecule has 0 unspecified atom stereocenters. The van der Waals surface area contributed by atoms with E-state index in [-0.39, 0.29) is 10.8 Å². The summed E-state index contributed by atoms with van der Waals surface area (Å²) in [4.78, 5) is 12.5. The highest BCUT2D eigenvalue weighted by atomic mass is 79.9. The molecule has 23 heavy (non-hydrogen) atoms. The van der Waals surface area contributed by atoms with Gasteiger partial charge in [-0.05, 0) is 59.9 Å². The minimum absolute atomic E-state index is 0.137. The summed E-state index contributed by atoms with van der Waals surface area (Å²) in [6.45, 7) is 4.39. The van der Waals surface area contributed by atoms with Crippen molar-refractivity contribution < 1.29 is 15.0 Å². The first-order valence-corrected chi connectivity index (χ1v) is 9.85. The minimum atomic E-state index is -0.483. The standard InChI is InChI=1S/C19H27BrO3/c1-18-6-5-13-11(12(18)3-4-16(18)22)9-15(20)14-7-10(21)8-17(23)19(13,14)2/h10-13,17,21,23H,3-9H2,1-2H3/t10-,11+,12+,13+,17+,18+,19-/m1/s1. The van der Waals surface area contributed by atoms with Gasteiger partial charge in [0.05, 0.1) is 12.2 Å². The van der Waals surface area contributed by atoms with Crippen LogP contribution in [-0.4, -0.2) is 28.2 Å². The Kier molecular flexibility index (Phi) is 3.65. The molecule has 0 saturated heterocycles. The number of Topliss-reactive ketones (excluding diaryl/α,β-unsaturated/α-hetero) is 1. The second-order valence-electron chi connectivity index (χ2n) is 8.77. The molecule has 0 radical (unpaired) electrons. The van der Waals surface area contributed by atoms with Crippen molar-refractivity contribution in [2.24, 2.45) is 28.6 Å². The molecule has 0 aromatic heterocycles. The Balaban J connectivity index is 1.77. The maximum absolute atomic E-state index is 12.5. The molecule has 3 nitrogen and oxygen atoms in total. The van der Waals surface area contributed by atoms with Gasteiger partial charge in [-0.2, -0.15) is 0 Å². The normalized spacial score (nSPS) is 52.9. The summed E-state index contributed by atoms with van der Waals surface area (Å²) in [5.41, 5.74) is 0.855. The molecule has 4 heteroatoms. The Labute approximate surface area is 146 Å². The minimum Gasteiger partial charge on any atom is -0.393 e. The maximum atomic E-state index is 12.5. The van der Waals surface area contributed by atoms with E-state index in [1.807, 2.05) is 0 Å². The van der Waals surface area contributed by atoms with Gasteiger partial charge in [0.15, 0.2) is 0 Å². The van der Waals surface area contributed by atoms with E-state index in [2.05, 4.69) is 29.8 Å². The highest BCUT2D eigenvalue weighted by molar-refractivity contribution is 9.11. The van der Waals surface area contributed by atoms with E-state index in [0.29, 0.717) is 36.4 Å². The van der Waals surface area contributed by atoms with E-state index >= 15 is 0 Å². The average molecular weight is 383 g/mol. The summed E-state index contributed by atoms with van der Waals surface area (Å²) in [5, 5.41) is 21.0. The van der Waals surface area contributed by atoms with E-state index in [1.54, 1.807) is 0 Å². The molecule has 7 atom stereocenters. The van der Waals surface area contributed by atoms with Crippen molar-refractivity contribution in [3.05, 3.63) is 10.1 Å². The van der Waals surface area contributed by atoms with Gasteiger partial charge in [0.2, 0.25) is 0 Å². The fourth-order valence-electron chi connectivity index (χ4n) is 6.53. The zero-order valence-electron chi connectivity index (χ0n) is 14.0. The molecule has 0 spiro atoms. The molecule has 128 valence electrons. The molecule has 0 bridgehead atoms. The van der Waals surface area contributed by atoms with Crippen molar-refractivity contribution in [3.63, 3.8) is 0 Å². The van der Waals surface area contributed by atoms with Crippen LogP contribution < -0.4 is 0 Å². The molecule has 0 heterocycles. The summed E-state index contributed by atoms with van der Waals surface area (Å²) < 4.78 is 1.18. The van der Waals surface area contributed by atoms with Gasteiger partial charge in [0.25, 0.3) is 0 Å². The lowest BCUT2D eigenvalue weighted by Gasteiger charge is -2.58. The molecular weight excluding hydrogens is 356 g/mol. The van der Waals surface area contributed by atoms with Gasteiger partial charge in [0, 0.05) is 23.7 Å². The highest BCUT2D eigenvalue weighted by Gasteiger charge is 2.61. The van der Waals surface area contributed by atoms with E-state index < -0.39 is 12.2 Å². The van der Waals surface area contributed by atoms with Gasteiger partial charge < -0.3 is 10.2 Å². The van der Waals surface area contributed by atoms with Crippen LogP contribution in [0.4, 0.5) is 0 Å². The number of ketones is 1. The number of carbonyl (C=O) groups excluding carboxylic acids is 1. The Hall–Kier alpha value is -0.190. The van der Waals surface area contributed by atoms with Crippen molar-refractivity contribution in [1.82, 2.24) is 0 Å². The summed E-state index contributed by atoms with van der Waals surface area (Å²) in [7, 11) is 0. The van der Waals surface area contributed by atoms with Gasteiger partial charge in [-0.1, -0.05) is 29.8 Å². The third-order valence-electron chi connectivity index (χ3n) is 7.94. The van der Waals surface area contributed by atoms with Crippen molar-refractivity contribution >= 4 is 21.7 Å². The van der Waals surface area contributed by atoms with Gasteiger partial charge in [0.1, 0.15) is 5.78 Å². The molecule has 4 aliphatic carbocycles. The number of aliphatic hydroxyl groups excluding tert-OH is 2. The van der Waals surface area contributed by atoms with Crippen LogP contribution in [0.25, 0.3) is 0 Å². The molecule has 2 N–H and O–H groups in total. The Bertz CT molecular complexity index is 585. The summed E-state index contributed by atoms with van der Waals surface area (Å²) >= 11 is 3.78. The summed E-state index contributed by atoms with van der Waals surface area (Å²) in [6.07, 6.45) is 4.95. The first kappa shape index (κ1) is 16.3. The number of hydrogen-bond acceptors (Lipinski definition) is 3. The first-order valence-electron chi connectivity index (χ1n) is 9.06. The third kappa shape index (κ3) is 2.04. The second-order valence-corrected chi connectivity index (χ2v) is 9.73. The van der Waals surface area contributed by atoms with Crippen LogP contribution >= 0.6 is 15.9 Å². The molecule has 4 aliphatic rings. The molecule has 0 aromatic carbocycles. The lowest BCUT2D eigenvalue weighted by Crippen LogP contribution is -2.56. The Morgan fingerprint density at radius 3 is 2.61 bits per heavy atom. The molecule has 0 aromatic rings. The number of carbonyl (C=O) groups is 1. The number of aliphatic hydroxyl groups is 2. The predicted molar refractivity (Wildman–Crippen MR) is 92.0 cm³/mol. The van der Waals surface area contributed by atoms with Gasteiger partial charge in [-0.3, -0.25) is 4.79 Å². The number of halogens is 1. The van der Waals surface area contributed by atoms with Crippen LogP contribution in [0.1, 0.15) is 58.8 Å². The molecule has 4 rings (SSSR count). The Morgan fingerprint density at radius 1 is 1.13 bits per heavy atom. The molecule has 3 saturated carbocycles. The van der Waals surface area contributed by atoms with Gasteiger partial charge in [-0.25, -0.2) is 0 Å². The zero-order chi connectivity index (χ0) is 16.6. The average Bonchev–Trinajstić information content (AvgIpc) is 2.78. The predicted octanol–water partition coefficient (Wildman–Crippen LogP) is 3.57. The summed E-state index contributed by atoms with van der Waals surface area (Å²) in [5.74, 6) is 1.83. The zero-order valence-corrected chi connectivity index (χ0v) is 15.6. The lowest BCUT2D eigenvalue weighted by molar-refractivity contribution is -0.135. The van der Waals surface area contributed by atoms with Crippen molar-refractivity contribution in [2.75, 3.05) is 0 Å². The van der Waals surface area contributed by atoms with Crippen LogP contribution in [0.15, 0.2) is 10.1 Å². The first-order chi connectivity index (χ1) is 10.8. The smallest absolute Gasteiger partial charge is 0.139 e. The maximum Gasteiger partial charge on any atom is 0.139 e. The van der Waals surface area contributed by atoms with Gasteiger partial charge in [-0.15, -0.1) is 0 Å². The quantitative estimate of drug-likeness (QED) is 0.673. The number of rotatable bonds is 0. The Morgan fingerprint density at radius 2 is 1.87 bits per heavy atom. The fourth-order valence-corrected chi connectivity index (χ4v) is 7.50. The van der Waals surface area contributed by atoms with Crippen molar-refractivity contribution in [2.45, 2.75) is 71.0 Å². The lowest BCUT2D eigenvalue weighted by atomic mass is 9.47. The molecule has 0 amide bonds. The van der Waals surface area contributed by atoms with Crippen molar-refractivity contribution in [1.29, 1.82) is 0 Å². The van der Waals surface area contributed by atoms with Crippen LogP contribution in [-0.2, 0) is 4.79 Å². The molecule has 3 fully saturated rings. The summed E-state index contributed by atoms with van der Waals surface area (Å²) in [6, 6.07) is 0. The third-order valence-corrected chi connectivity index (χ3v) is 8.74. The van der Waals surface area contributed by atoms with Crippen molar-refractivity contribution in [3.8, 4) is 0 Å². The second kappa shape index (κ2) is 5.15. The van der Waals surface area contributed by atoms with Crippen LogP contribution in [0.2, 0.25) is 0 Å². The SMILES string of the molecule is C[C@]12C(=C(Br)C[C@@H]3[C@@H]1CC[C@]1(C)C(=O)CC[C@@H]31)C[C@@H](O)C[C@@H]2O. The number of allylic oxidation sites excluding steroid dienone is 1. The number of hydrogen-bond donors (Lipinski definition) is 2. The van der Waals surface area contributed by atoms with Crippen LogP contribution in [0.5, 0.6) is 0 Å². The largest absolute Gasteiger partial charge is 0.393 e. The number of fused-ring (bicyclic) bond motifs is 5.